The molecule has 5 nitrogen and oxygen atoms in total. The minimum atomic E-state index is -4.39. The number of hydrogen-bond acceptors (Lipinski definition) is 4. The summed E-state index contributed by atoms with van der Waals surface area (Å²) in [4.78, 5) is 4.15. The summed E-state index contributed by atoms with van der Waals surface area (Å²) >= 11 is 1.82. The number of nitrogens with one attached hydrogen (secondary N) is 2. The lowest BCUT2D eigenvalue weighted by atomic mass is 10.2. The van der Waals surface area contributed by atoms with Crippen LogP contribution in [0.25, 0.3) is 0 Å². The Balaban J connectivity index is 0.00000676. The number of aliphatic imine (C=N–C) groups is 1. The van der Waals surface area contributed by atoms with E-state index in [0.717, 1.165) is 30.7 Å². The van der Waals surface area contributed by atoms with Crippen LogP contribution >= 0.6 is 35.7 Å². The highest BCUT2D eigenvalue weighted by Gasteiger charge is 2.29. The Bertz CT molecular complexity index is 575. The molecule has 0 radical (unpaired) electrons. The number of guanidine groups is 1. The fourth-order valence-corrected chi connectivity index (χ4v) is 2.58. The van der Waals surface area contributed by atoms with Gasteiger partial charge in [-0.3, -0.25) is 4.99 Å². The van der Waals surface area contributed by atoms with Crippen LogP contribution in [-0.2, 0) is 6.54 Å². The SMILES string of the molecule is CN=C(NCCCCSC)NCc1ccc(OCC(F)(F)F)c(OC)c1.I. The van der Waals surface area contributed by atoms with E-state index < -0.39 is 12.8 Å². The second kappa shape index (κ2) is 14.0. The number of halogens is 4. The lowest BCUT2D eigenvalue weighted by Crippen LogP contribution is -2.37. The fraction of sp³-hybridized carbons (Fsp3) is 0.588. The van der Waals surface area contributed by atoms with E-state index in [1.54, 1.807) is 19.2 Å². The van der Waals surface area contributed by atoms with Gasteiger partial charge in [0.1, 0.15) is 0 Å². The molecule has 0 atom stereocenters. The monoisotopic (exact) mass is 521 g/mol. The van der Waals surface area contributed by atoms with Crippen LogP contribution in [0, 0.1) is 0 Å². The number of thioether (sulfide) groups is 1. The van der Waals surface area contributed by atoms with Crippen molar-refractivity contribution < 1.29 is 22.6 Å². The zero-order valence-corrected chi connectivity index (χ0v) is 18.8. The van der Waals surface area contributed by atoms with E-state index in [0.29, 0.717) is 12.5 Å². The molecular formula is C17H27F3IN3O2S. The van der Waals surface area contributed by atoms with Gasteiger partial charge < -0.3 is 20.1 Å². The maximum atomic E-state index is 12.3. The number of alkyl halides is 3. The van der Waals surface area contributed by atoms with Crippen molar-refractivity contribution >= 4 is 41.7 Å². The molecule has 0 saturated carbocycles. The zero-order chi connectivity index (χ0) is 19.4. The van der Waals surface area contributed by atoms with Gasteiger partial charge in [-0.05, 0) is 42.5 Å². The second-order valence-corrected chi connectivity index (χ2v) is 6.43. The topological polar surface area (TPSA) is 54.9 Å². The molecule has 0 aliphatic carbocycles. The van der Waals surface area contributed by atoms with E-state index in [4.69, 9.17) is 9.47 Å². The molecule has 27 heavy (non-hydrogen) atoms. The summed E-state index contributed by atoms with van der Waals surface area (Å²) in [5.41, 5.74) is 0.839. The number of unbranched alkanes of at least 4 members (excludes halogenated alkanes) is 1. The summed E-state index contributed by atoms with van der Waals surface area (Å²) in [6.07, 6.45) is -0.108. The molecule has 0 saturated heterocycles. The minimum absolute atomic E-state index is 0. The van der Waals surface area contributed by atoms with Crippen LogP contribution in [0.2, 0.25) is 0 Å². The number of rotatable bonds is 10. The molecule has 1 rings (SSSR count). The van der Waals surface area contributed by atoms with Gasteiger partial charge in [0, 0.05) is 20.1 Å². The van der Waals surface area contributed by atoms with Gasteiger partial charge in [-0.1, -0.05) is 6.07 Å². The van der Waals surface area contributed by atoms with E-state index in [-0.39, 0.29) is 35.5 Å². The molecule has 0 fully saturated rings. The summed E-state index contributed by atoms with van der Waals surface area (Å²) in [7, 11) is 3.08. The van der Waals surface area contributed by atoms with Gasteiger partial charge in [0.25, 0.3) is 0 Å². The lowest BCUT2D eigenvalue weighted by Gasteiger charge is -2.15. The highest BCUT2D eigenvalue weighted by atomic mass is 127. The van der Waals surface area contributed by atoms with E-state index in [9.17, 15) is 13.2 Å². The fourth-order valence-electron chi connectivity index (χ4n) is 2.09. The van der Waals surface area contributed by atoms with Crippen LogP contribution in [0.3, 0.4) is 0 Å². The Hall–Kier alpha value is -1.04. The third-order valence-corrected chi connectivity index (χ3v) is 4.07. The standard InChI is InChI=1S/C17H26F3N3O2S.HI/c1-21-16(22-8-4-5-9-26-3)23-11-13-6-7-14(15(10-13)24-2)25-12-17(18,19)20;/h6-7,10H,4-5,8-9,11-12H2,1-3H3,(H2,21,22,23);1H. The number of benzene rings is 1. The van der Waals surface area contributed by atoms with Crippen molar-refractivity contribution in [2.24, 2.45) is 4.99 Å². The second-order valence-electron chi connectivity index (χ2n) is 5.44. The average molecular weight is 521 g/mol. The first-order chi connectivity index (χ1) is 12.4. The highest BCUT2D eigenvalue weighted by molar-refractivity contribution is 14.0. The van der Waals surface area contributed by atoms with Crippen LogP contribution in [0.15, 0.2) is 23.2 Å². The first-order valence-corrected chi connectivity index (χ1v) is 9.59. The van der Waals surface area contributed by atoms with E-state index in [1.165, 1.54) is 13.2 Å². The molecule has 0 spiro atoms. The smallest absolute Gasteiger partial charge is 0.422 e. The van der Waals surface area contributed by atoms with Crippen LogP contribution < -0.4 is 20.1 Å². The van der Waals surface area contributed by atoms with E-state index in [1.807, 2.05) is 11.8 Å². The van der Waals surface area contributed by atoms with Gasteiger partial charge in [0.05, 0.1) is 7.11 Å². The number of ether oxygens (including phenoxy) is 2. The quantitative estimate of drug-likeness (QED) is 0.211. The van der Waals surface area contributed by atoms with Gasteiger partial charge in [-0.25, -0.2) is 0 Å². The average Bonchev–Trinajstić information content (AvgIpc) is 2.61. The lowest BCUT2D eigenvalue weighted by molar-refractivity contribution is -0.153. The van der Waals surface area contributed by atoms with Gasteiger partial charge in [-0.15, -0.1) is 24.0 Å². The molecule has 2 N–H and O–H groups in total. The maximum Gasteiger partial charge on any atom is 0.422 e. The largest absolute Gasteiger partial charge is 0.493 e. The predicted molar refractivity (Wildman–Crippen MR) is 116 cm³/mol. The third-order valence-electron chi connectivity index (χ3n) is 3.37. The zero-order valence-electron chi connectivity index (χ0n) is 15.7. The van der Waals surface area contributed by atoms with Gasteiger partial charge in [0.2, 0.25) is 0 Å². The molecule has 0 aliphatic rings. The normalized spacial score (nSPS) is 11.6. The van der Waals surface area contributed by atoms with Crippen LogP contribution in [0.5, 0.6) is 11.5 Å². The Labute approximate surface area is 179 Å². The molecule has 0 bridgehead atoms. The molecule has 10 heteroatoms. The molecule has 156 valence electrons. The first kappa shape index (κ1) is 26.0. The van der Waals surface area contributed by atoms with Gasteiger partial charge >= 0.3 is 6.18 Å². The number of methoxy groups -OCH3 is 1. The maximum absolute atomic E-state index is 12.3. The van der Waals surface area contributed by atoms with Crippen molar-refractivity contribution in [3.8, 4) is 11.5 Å². The summed E-state index contributed by atoms with van der Waals surface area (Å²) in [6.45, 7) is -0.0672. The van der Waals surface area contributed by atoms with Crippen molar-refractivity contribution in [2.45, 2.75) is 25.6 Å². The van der Waals surface area contributed by atoms with Crippen LogP contribution in [0.4, 0.5) is 13.2 Å². The Kier molecular flexibility index (Phi) is 13.5. The van der Waals surface area contributed by atoms with Gasteiger partial charge in [-0.2, -0.15) is 24.9 Å². The van der Waals surface area contributed by atoms with Crippen molar-refractivity contribution in [3.63, 3.8) is 0 Å². The molecule has 0 amide bonds. The molecule has 0 heterocycles. The minimum Gasteiger partial charge on any atom is -0.493 e. The summed E-state index contributed by atoms with van der Waals surface area (Å²) in [6, 6.07) is 4.80. The van der Waals surface area contributed by atoms with E-state index in [2.05, 4.69) is 21.9 Å². The summed E-state index contributed by atoms with van der Waals surface area (Å²) in [5, 5.41) is 6.39. The van der Waals surface area contributed by atoms with Crippen LogP contribution in [-0.4, -0.2) is 51.5 Å². The van der Waals surface area contributed by atoms with Crippen molar-refractivity contribution in [2.75, 3.05) is 39.3 Å². The summed E-state index contributed by atoms with van der Waals surface area (Å²) in [5.74, 6) is 2.12. The van der Waals surface area contributed by atoms with Gasteiger partial charge in [0.15, 0.2) is 24.1 Å². The van der Waals surface area contributed by atoms with Crippen molar-refractivity contribution in [3.05, 3.63) is 23.8 Å². The third kappa shape index (κ3) is 11.4. The molecule has 0 unspecified atom stereocenters. The Morgan fingerprint density at radius 3 is 2.52 bits per heavy atom. The molecular weight excluding hydrogens is 494 g/mol. The van der Waals surface area contributed by atoms with Crippen molar-refractivity contribution in [1.82, 2.24) is 10.6 Å². The molecule has 1 aromatic rings. The Morgan fingerprint density at radius 2 is 1.93 bits per heavy atom. The first-order valence-electron chi connectivity index (χ1n) is 8.19. The summed E-state index contributed by atoms with van der Waals surface area (Å²) < 4.78 is 46.7. The molecule has 1 aromatic carbocycles. The van der Waals surface area contributed by atoms with Crippen molar-refractivity contribution in [1.29, 1.82) is 0 Å². The van der Waals surface area contributed by atoms with Crippen LogP contribution in [0.1, 0.15) is 18.4 Å². The predicted octanol–water partition coefficient (Wildman–Crippen LogP) is 4.06. The van der Waals surface area contributed by atoms with E-state index >= 15 is 0 Å². The molecule has 0 aromatic heterocycles. The highest BCUT2D eigenvalue weighted by Crippen LogP contribution is 2.29. The number of hydrogen-bond donors (Lipinski definition) is 2. The number of nitrogens with zero attached hydrogens (tertiary/aromatic N) is 1. The Morgan fingerprint density at radius 1 is 1.19 bits per heavy atom. The molecule has 0 aliphatic heterocycles.